The lowest BCUT2D eigenvalue weighted by Gasteiger charge is -2.39. The van der Waals surface area contributed by atoms with Crippen LogP contribution in [0.4, 0.5) is 0 Å². The molecule has 236 valence electrons. The number of pyridine rings is 1. The quantitative estimate of drug-likeness (QED) is 0.226. The maximum absolute atomic E-state index is 13.6. The monoisotopic (exact) mass is 640 g/mol. The molecule has 46 heavy (non-hydrogen) atoms. The molecule has 2 aromatic carbocycles. The Morgan fingerprint density at radius 1 is 1.00 bits per heavy atom. The van der Waals surface area contributed by atoms with Gasteiger partial charge in [-0.3, -0.25) is 24.2 Å². The first-order valence-electron chi connectivity index (χ1n) is 14.8. The third-order valence-corrected chi connectivity index (χ3v) is 8.50. The van der Waals surface area contributed by atoms with E-state index in [0.29, 0.717) is 53.0 Å². The first-order chi connectivity index (χ1) is 22.3. The fourth-order valence-electron chi connectivity index (χ4n) is 5.28. The molecule has 13 heteroatoms. The van der Waals surface area contributed by atoms with Crippen LogP contribution in [0.1, 0.15) is 28.0 Å². The van der Waals surface area contributed by atoms with Gasteiger partial charge in [-0.15, -0.1) is 0 Å². The molecular weight excluding hydrogens is 608 g/mol. The van der Waals surface area contributed by atoms with Crippen LogP contribution < -0.4 is 25.7 Å². The van der Waals surface area contributed by atoms with Gasteiger partial charge in [0.2, 0.25) is 5.91 Å². The number of likely N-dealkylation sites (tertiary alicyclic amines) is 1. The van der Waals surface area contributed by atoms with Gasteiger partial charge in [-0.2, -0.15) is 0 Å². The molecule has 12 nitrogen and oxygen atoms in total. The molecule has 0 unspecified atom stereocenters. The van der Waals surface area contributed by atoms with Gasteiger partial charge in [0, 0.05) is 55.8 Å². The molecule has 7 rings (SSSR count). The molecule has 1 fully saturated rings. The van der Waals surface area contributed by atoms with Crippen molar-refractivity contribution in [2.75, 3.05) is 25.4 Å². The van der Waals surface area contributed by atoms with E-state index in [1.54, 1.807) is 36.2 Å². The summed E-state index contributed by atoms with van der Waals surface area (Å²) in [6.45, 7) is 2.55. The summed E-state index contributed by atoms with van der Waals surface area (Å²) in [6.07, 6.45) is 3.20. The van der Waals surface area contributed by atoms with Gasteiger partial charge in [-0.1, -0.05) is 36.0 Å². The minimum absolute atomic E-state index is 0.0747. The molecule has 3 N–H and O–H groups in total. The first kappa shape index (κ1) is 30.8. The molecule has 4 aromatic rings. The Labute approximate surface area is 268 Å². The van der Waals surface area contributed by atoms with Crippen molar-refractivity contribution in [3.05, 3.63) is 100 Å². The number of aromatic amines is 1. The van der Waals surface area contributed by atoms with Crippen LogP contribution in [0.2, 0.25) is 0 Å². The molecule has 5 heterocycles. The van der Waals surface area contributed by atoms with E-state index in [1.165, 1.54) is 12.3 Å². The second-order valence-corrected chi connectivity index (χ2v) is 12.0. The van der Waals surface area contributed by atoms with Crippen molar-refractivity contribution >= 4 is 29.5 Å². The number of aromatic nitrogens is 3. The average Bonchev–Trinajstić information content (AvgIpc) is 3.06. The fourth-order valence-corrected chi connectivity index (χ4v) is 6.10. The van der Waals surface area contributed by atoms with E-state index >= 15 is 0 Å². The van der Waals surface area contributed by atoms with Crippen LogP contribution in [0.15, 0.2) is 83.0 Å². The molecule has 3 aliphatic heterocycles. The average molecular weight is 641 g/mol. The van der Waals surface area contributed by atoms with E-state index in [9.17, 15) is 19.2 Å². The van der Waals surface area contributed by atoms with Crippen LogP contribution >= 0.6 is 11.8 Å². The number of H-pyrrole nitrogens is 1. The van der Waals surface area contributed by atoms with Gasteiger partial charge in [-0.05, 0) is 48.4 Å². The van der Waals surface area contributed by atoms with Crippen molar-refractivity contribution in [1.29, 1.82) is 0 Å². The third kappa shape index (κ3) is 7.72. The number of aryl methyl sites for hydroxylation is 1. The number of hydrogen-bond acceptors (Lipinski definition) is 9. The van der Waals surface area contributed by atoms with Gasteiger partial charge >= 0.3 is 0 Å². The highest BCUT2D eigenvalue weighted by Crippen LogP contribution is 2.26. The van der Waals surface area contributed by atoms with Crippen LogP contribution in [0.5, 0.6) is 11.5 Å². The van der Waals surface area contributed by atoms with Gasteiger partial charge in [0.05, 0.1) is 17.4 Å². The standard InChI is InChI=1S/C33H32N6O6S/c1-20-11-29(40)38-33(36-20)46-19-31(42)39-10-9-28-27(17-39)37-32(43)24-12-23(15-34-16-24)22-3-2-4-26(13-22)44-18-30(41)35-14-21-5-7-25(45-28)8-6-21/h2-8,11-13,15-16,27-28H,9-10,14,17-19H2,1H3,(H,35,41)(H,37,43)(H,36,38,40)/t27-,28+/m1/s1. The topological polar surface area (TPSA) is 156 Å². The fraction of sp³-hybridized carbons (Fsp3) is 0.273. The zero-order valence-corrected chi connectivity index (χ0v) is 25.8. The van der Waals surface area contributed by atoms with E-state index in [0.717, 1.165) is 22.9 Å². The minimum atomic E-state index is -0.531. The van der Waals surface area contributed by atoms with E-state index in [-0.39, 0.29) is 42.2 Å². The van der Waals surface area contributed by atoms with Crippen LogP contribution in [0.3, 0.4) is 0 Å². The van der Waals surface area contributed by atoms with E-state index in [1.807, 2.05) is 36.4 Å². The molecule has 0 spiro atoms. The Hall–Kier alpha value is -5.17. The molecule has 0 radical (unpaired) electrons. The van der Waals surface area contributed by atoms with Crippen molar-refractivity contribution in [2.45, 2.75) is 37.2 Å². The smallest absolute Gasteiger partial charge is 0.258 e. The summed E-state index contributed by atoms with van der Waals surface area (Å²) >= 11 is 1.16. The number of benzene rings is 2. The Morgan fingerprint density at radius 3 is 2.65 bits per heavy atom. The maximum atomic E-state index is 13.6. The van der Waals surface area contributed by atoms with Crippen molar-refractivity contribution in [1.82, 2.24) is 30.5 Å². The zero-order chi connectivity index (χ0) is 32.0. The van der Waals surface area contributed by atoms with Crippen molar-refractivity contribution in [2.24, 2.45) is 0 Å². The van der Waals surface area contributed by atoms with Gasteiger partial charge in [0.25, 0.3) is 17.4 Å². The van der Waals surface area contributed by atoms with Crippen molar-refractivity contribution in [3.63, 3.8) is 0 Å². The number of carbonyl (C=O) groups is 3. The van der Waals surface area contributed by atoms with E-state index in [4.69, 9.17) is 9.47 Å². The molecule has 3 aliphatic rings. The van der Waals surface area contributed by atoms with Gasteiger partial charge in [0.1, 0.15) is 17.6 Å². The molecule has 2 aromatic heterocycles. The van der Waals surface area contributed by atoms with Crippen LogP contribution in [-0.4, -0.2) is 75.2 Å². The molecule has 2 atom stereocenters. The SMILES string of the molecule is Cc1cc(=O)[nH]c(SCC(=O)N2CC[C@@H]3Oc4ccc(cc4)CNC(=O)COc4cccc(c4)-c4cncc(c4)C(=O)N[C@@H]3C2)n1. The molecule has 6 bridgehead atoms. The summed E-state index contributed by atoms with van der Waals surface area (Å²) in [6, 6.07) is 17.2. The second-order valence-electron chi connectivity index (χ2n) is 11.0. The van der Waals surface area contributed by atoms with Crippen LogP contribution in [0.25, 0.3) is 11.1 Å². The number of rotatable bonds is 3. The Bertz CT molecular complexity index is 1810. The molecule has 0 aliphatic carbocycles. The van der Waals surface area contributed by atoms with Gasteiger partial charge < -0.3 is 30.0 Å². The number of hydrogen-bond donors (Lipinski definition) is 3. The summed E-state index contributed by atoms with van der Waals surface area (Å²) in [4.78, 5) is 64.1. The lowest BCUT2D eigenvalue weighted by atomic mass is 10.0. The first-order valence-corrected chi connectivity index (χ1v) is 15.8. The number of carbonyl (C=O) groups excluding carboxylic acids is 3. The predicted molar refractivity (Wildman–Crippen MR) is 171 cm³/mol. The number of amides is 3. The number of piperidine rings is 1. The number of ether oxygens (including phenoxy) is 2. The van der Waals surface area contributed by atoms with Crippen molar-refractivity contribution < 1.29 is 23.9 Å². The van der Waals surface area contributed by atoms with E-state index < -0.39 is 12.1 Å². The highest BCUT2D eigenvalue weighted by atomic mass is 32.2. The van der Waals surface area contributed by atoms with Gasteiger partial charge in [0.15, 0.2) is 11.8 Å². The summed E-state index contributed by atoms with van der Waals surface area (Å²) in [7, 11) is 0. The molecule has 0 saturated carbocycles. The summed E-state index contributed by atoms with van der Waals surface area (Å²) < 4.78 is 12.1. The predicted octanol–water partition coefficient (Wildman–Crippen LogP) is 2.72. The van der Waals surface area contributed by atoms with E-state index in [2.05, 4.69) is 25.6 Å². The summed E-state index contributed by atoms with van der Waals surface area (Å²) in [5, 5.41) is 6.33. The number of nitrogens with one attached hydrogen (secondary N) is 3. The zero-order valence-electron chi connectivity index (χ0n) is 25.0. The lowest BCUT2D eigenvalue weighted by molar-refractivity contribution is -0.130. The van der Waals surface area contributed by atoms with Crippen LogP contribution in [-0.2, 0) is 16.1 Å². The van der Waals surface area contributed by atoms with Crippen LogP contribution in [0, 0.1) is 6.92 Å². The number of fused-ring (bicyclic) bond motifs is 7. The Balaban J connectivity index is 1.25. The molecular formula is C33H32N6O6S. The highest BCUT2D eigenvalue weighted by molar-refractivity contribution is 7.99. The molecule has 3 amide bonds. The Morgan fingerprint density at radius 2 is 1.83 bits per heavy atom. The summed E-state index contributed by atoms with van der Waals surface area (Å²) in [5.74, 6) is 0.426. The van der Waals surface area contributed by atoms with Gasteiger partial charge in [-0.25, -0.2) is 4.98 Å². The van der Waals surface area contributed by atoms with Crippen molar-refractivity contribution in [3.8, 4) is 22.6 Å². The third-order valence-electron chi connectivity index (χ3n) is 7.64. The summed E-state index contributed by atoms with van der Waals surface area (Å²) in [5.41, 5.74) is 2.99. The normalized spacial score (nSPS) is 18.3. The molecule has 1 saturated heterocycles. The Kier molecular flexibility index (Phi) is 9.29. The second kappa shape index (κ2) is 13.9. The minimum Gasteiger partial charge on any atom is -0.488 e. The lowest BCUT2D eigenvalue weighted by Crippen LogP contribution is -2.58. The number of thioether (sulfide) groups is 1. The highest BCUT2D eigenvalue weighted by Gasteiger charge is 2.34. The number of nitrogens with zero attached hydrogens (tertiary/aromatic N) is 3. The largest absolute Gasteiger partial charge is 0.488 e. The maximum Gasteiger partial charge on any atom is 0.258 e.